The van der Waals surface area contributed by atoms with Crippen molar-refractivity contribution >= 4 is 21.6 Å². The van der Waals surface area contributed by atoms with E-state index in [-0.39, 0.29) is 10.8 Å². The summed E-state index contributed by atoms with van der Waals surface area (Å²) >= 11 is 5.92. The van der Waals surface area contributed by atoms with E-state index in [0.29, 0.717) is 18.1 Å². The Labute approximate surface area is 141 Å². The van der Waals surface area contributed by atoms with Crippen molar-refractivity contribution in [1.29, 1.82) is 0 Å². The molecule has 1 unspecified atom stereocenters. The quantitative estimate of drug-likeness (QED) is 0.846. The Balaban J connectivity index is 1.78. The number of halogens is 1. The first-order chi connectivity index (χ1) is 11.0. The molecule has 0 aliphatic carbocycles. The highest BCUT2D eigenvalue weighted by atomic mass is 35.5. The van der Waals surface area contributed by atoms with Gasteiger partial charge in [-0.1, -0.05) is 29.8 Å². The van der Waals surface area contributed by atoms with Gasteiger partial charge in [-0.05, 0) is 48.2 Å². The highest BCUT2D eigenvalue weighted by Crippen LogP contribution is 2.32. The maximum Gasteiger partial charge on any atom is 0.243 e. The molecule has 0 aromatic heterocycles. The van der Waals surface area contributed by atoms with Gasteiger partial charge in [0.05, 0.1) is 12.0 Å². The second-order valence-electron chi connectivity index (χ2n) is 5.58. The van der Waals surface area contributed by atoms with Crippen LogP contribution in [0.3, 0.4) is 0 Å². The van der Waals surface area contributed by atoms with Gasteiger partial charge in [-0.2, -0.15) is 4.31 Å². The summed E-state index contributed by atoms with van der Waals surface area (Å²) in [6.07, 6.45) is 0.812. The van der Waals surface area contributed by atoms with Crippen molar-refractivity contribution < 1.29 is 13.2 Å². The molecular weight excluding hydrogens is 334 g/mol. The van der Waals surface area contributed by atoms with Crippen molar-refractivity contribution in [2.45, 2.75) is 17.2 Å². The van der Waals surface area contributed by atoms with Gasteiger partial charge in [0.1, 0.15) is 5.75 Å². The Morgan fingerprint density at radius 3 is 2.57 bits per heavy atom. The topological polar surface area (TPSA) is 46.6 Å². The SMILES string of the molecule is COc1ccc(C2CCN(S(=O)(=O)c3cccc(Cl)c3)C2)cc1. The molecule has 122 valence electrons. The summed E-state index contributed by atoms with van der Waals surface area (Å²) in [7, 11) is -1.86. The van der Waals surface area contributed by atoms with Crippen molar-refractivity contribution in [2.24, 2.45) is 0 Å². The van der Waals surface area contributed by atoms with Crippen LogP contribution in [0.15, 0.2) is 53.4 Å². The fourth-order valence-corrected chi connectivity index (χ4v) is 4.67. The lowest BCUT2D eigenvalue weighted by Gasteiger charge is -2.17. The zero-order chi connectivity index (χ0) is 16.4. The molecule has 1 heterocycles. The molecule has 1 aliphatic rings. The van der Waals surface area contributed by atoms with Gasteiger partial charge >= 0.3 is 0 Å². The summed E-state index contributed by atoms with van der Waals surface area (Å²) in [5, 5.41) is 0.428. The maximum atomic E-state index is 12.7. The van der Waals surface area contributed by atoms with Crippen LogP contribution in [0.4, 0.5) is 0 Å². The lowest BCUT2D eigenvalue weighted by Crippen LogP contribution is -2.28. The number of sulfonamides is 1. The third kappa shape index (κ3) is 3.37. The highest BCUT2D eigenvalue weighted by molar-refractivity contribution is 7.89. The van der Waals surface area contributed by atoms with Crippen LogP contribution in [0.25, 0.3) is 0 Å². The molecule has 23 heavy (non-hydrogen) atoms. The number of benzene rings is 2. The van der Waals surface area contributed by atoms with E-state index in [1.165, 1.54) is 10.4 Å². The summed E-state index contributed by atoms with van der Waals surface area (Å²) < 4.78 is 32.1. The number of ether oxygens (including phenoxy) is 1. The van der Waals surface area contributed by atoms with Crippen LogP contribution in [0.1, 0.15) is 17.9 Å². The van der Waals surface area contributed by atoms with Crippen LogP contribution in [0.2, 0.25) is 5.02 Å². The van der Waals surface area contributed by atoms with Crippen LogP contribution in [-0.2, 0) is 10.0 Å². The lowest BCUT2D eigenvalue weighted by atomic mass is 9.99. The van der Waals surface area contributed by atoms with E-state index in [2.05, 4.69) is 0 Å². The van der Waals surface area contributed by atoms with Crippen molar-refractivity contribution in [3.05, 3.63) is 59.1 Å². The normalized spacial score (nSPS) is 19.0. The van der Waals surface area contributed by atoms with Gasteiger partial charge in [0.25, 0.3) is 0 Å². The predicted octanol–water partition coefficient (Wildman–Crippen LogP) is 3.53. The average Bonchev–Trinajstić information content (AvgIpc) is 3.06. The second kappa shape index (κ2) is 6.51. The molecule has 1 atom stereocenters. The molecule has 2 aromatic carbocycles. The lowest BCUT2D eigenvalue weighted by molar-refractivity contribution is 0.414. The van der Waals surface area contributed by atoms with Gasteiger partial charge in [-0.15, -0.1) is 0 Å². The first-order valence-electron chi connectivity index (χ1n) is 7.40. The Morgan fingerprint density at radius 1 is 1.17 bits per heavy atom. The first-order valence-corrected chi connectivity index (χ1v) is 9.22. The minimum absolute atomic E-state index is 0.204. The summed E-state index contributed by atoms with van der Waals surface area (Å²) in [5.74, 6) is 1.00. The molecule has 0 N–H and O–H groups in total. The fraction of sp³-hybridized carbons (Fsp3) is 0.294. The standard InChI is InChI=1S/C17H18ClNO3S/c1-22-16-7-5-13(6-8-16)14-9-10-19(12-14)23(20,21)17-4-2-3-15(18)11-17/h2-8,11,14H,9-10,12H2,1H3. The zero-order valence-electron chi connectivity index (χ0n) is 12.8. The van der Waals surface area contributed by atoms with Crippen LogP contribution in [-0.4, -0.2) is 32.9 Å². The van der Waals surface area contributed by atoms with Crippen molar-refractivity contribution in [3.63, 3.8) is 0 Å². The number of hydrogen-bond donors (Lipinski definition) is 0. The van der Waals surface area contributed by atoms with Crippen molar-refractivity contribution in [2.75, 3.05) is 20.2 Å². The van der Waals surface area contributed by atoms with Crippen LogP contribution < -0.4 is 4.74 Å². The van der Waals surface area contributed by atoms with Gasteiger partial charge in [-0.3, -0.25) is 0 Å². The number of methoxy groups -OCH3 is 1. The summed E-state index contributed by atoms with van der Waals surface area (Å²) in [6, 6.07) is 14.2. The number of hydrogen-bond acceptors (Lipinski definition) is 3. The largest absolute Gasteiger partial charge is 0.497 e. The van der Waals surface area contributed by atoms with E-state index in [0.717, 1.165) is 17.7 Å². The maximum absolute atomic E-state index is 12.7. The van der Waals surface area contributed by atoms with E-state index >= 15 is 0 Å². The fourth-order valence-electron chi connectivity index (χ4n) is 2.87. The van der Waals surface area contributed by atoms with Crippen LogP contribution in [0, 0.1) is 0 Å². The molecular formula is C17H18ClNO3S. The van der Waals surface area contributed by atoms with E-state index in [9.17, 15) is 8.42 Å². The molecule has 0 radical (unpaired) electrons. The Hall–Kier alpha value is -1.56. The Bertz CT molecular complexity index is 790. The third-order valence-corrected chi connectivity index (χ3v) is 6.27. The molecule has 4 nitrogen and oxygen atoms in total. The van der Waals surface area contributed by atoms with Crippen LogP contribution >= 0.6 is 11.6 Å². The molecule has 2 aromatic rings. The van der Waals surface area contributed by atoms with Gasteiger partial charge in [0.2, 0.25) is 10.0 Å². The highest BCUT2D eigenvalue weighted by Gasteiger charge is 2.33. The van der Waals surface area contributed by atoms with Gasteiger partial charge in [0, 0.05) is 18.1 Å². The van der Waals surface area contributed by atoms with Gasteiger partial charge < -0.3 is 4.74 Å². The third-order valence-electron chi connectivity index (χ3n) is 4.17. The number of nitrogens with zero attached hydrogens (tertiary/aromatic N) is 1. The Kier molecular flexibility index (Phi) is 4.62. The van der Waals surface area contributed by atoms with Crippen molar-refractivity contribution in [1.82, 2.24) is 4.31 Å². The van der Waals surface area contributed by atoms with Crippen LogP contribution in [0.5, 0.6) is 5.75 Å². The average molecular weight is 352 g/mol. The molecule has 1 aliphatic heterocycles. The molecule has 0 saturated carbocycles. The minimum atomic E-state index is -3.49. The molecule has 0 bridgehead atoms. The van der Waals surface area contributed by atoms with E-state index in [4.69, 9.17) is 16.3 Å². The van der Waals surface area contributed by atoms with Gasteiger partial charge in [-0.25, -0.2) is 8.42 Å². The monoisotopic (exact) mass is 351 g/mol. The molecule has 1 fully saturated rings. The van der Waals surface area contributed by atoms with E-state index in [1.54, 1.807) is 25.3 Å². The molecule has 6 heteroatoms. The van der Waals surface area contributed by atoms with E-state index in [1.807, 2.05) is 24.3 Å². The predicted molar refractivity (Wildman–Crippen MR) is 90.6 cm³/mol. The van der Waals surface area contributed by atoms with E-state index < -0.39 is 10.0 Å². The molecule has 3 rings (SSSR count). The summed E-state index contributed by atoms with van der Waals surface area (Å²) in [6.45, 7) is 1.01. The summed E-state index contributed by atoms with van der Waals surface area (Å²) in [4.78, 5) is 0.250. The second-order valence-corrected chi connectivity index (χ2v) is 7.95. The molecule has 1 saturated heterocycles. The summed E-state index contributed by atoms with van der Waals surface area (Å²) in [5.41, 5.74) is 1.13. The number of rotatable bonds is 4. The smallest absolute Gasteiger partial charge is 0.243 e. The molecule has 0 spiro atoms. The van der Waals surface area contributed by atoms with Crippen molar-refractivity contribution in [3.8, 4) is 5.75 Å². The minimum Gasteiger partial charge on any atom is -0.497 e. The Morgan fingerprint density at radius 2 is 1.91 bits per heavy atom. The molecule has 0 amide bonds. The van der Waals surface area contributed by atoms with Gasteiger partial charge in [0.15, 0.2) is 0 Å². The first kappa shape index (κ1) is 16.3. The zero-order valence-corrected chi connectivity index (χ0v) is 14.3.